The van der Waals surface area contributed by atoms with Gasteiger partial charge in [-0.05, 0) is 86.4 Å². The van der Waals surface area contributed by atoms with Gasteiger partial charge in [0.25, 0.3) is 0 Å². The standard InChI is InChI=1S/C30H39N/c1-18(2)25-11-9-12-26(19(3)4)29(25)22-15-23(17-24(31)16-22)30-27(20(5)6)13-10-14-28(30)21(7)8/h9-21H,31H2,1-8H3. The van der Waals surface area contributed by atoms with Gasteiger partial charge in [-0.2, -0.15) is 0 Å². The monoisotopic (exact) mass is 413 g/mol. The van der Waals surface area contributed by atoms with Crippen molar-refractivity contribution in [3.05, 3.63) is 76.9 Å². The van der Waals surface area contributed by atoms with Crippen molar-refractivity contribution in [3.63, 3.8) is 0 Å². The Labute approximate surface area is 189 Å². The van der Waals surface area contributed by atoms with Crippen LogP contribution in [0.15, 0.2) is 54.6 Å². The summed E-state index contributed by atoms with van der Waals surface area (Å²) in [4.78, 5) is 0. The van der Waals surface area contributed by atoms with Crippen LogP contribution in [0, 0.1) is 0 Å². The van der Waals surface area contributed by atoms with Crippen LogP contribution in [0.25, 0.3) is 22.3 Å². The average molecular weight is 414 g/mol. The highest BCUT2D eigenvalue weighted by atomic mass is 14.5. The molecule has 0 aliphatic carbocycles. The van der Waals surface area contributed by atoms with Crippen LogP contribution in [0.3, 0.4) is 0 Å². The van der Waals surface area contributed by atoms with Crippen LogP contribution in [0.1, 0.15) is 101 Å². The zero-order valence-electron chi connectivity index (χ0n) is 20.6. The summed E-state index contributed by atoms with van der Waals surface area (Å²) in [5.41, 5.74) is 18.1. The van der Waals surface area contributed by atoms with Gasteiger partial charge in [-0.1, -0.05) is 91.8 Å². The summed E-state index contributed by atoms with van der Waals surface area (Å²) in [6.45, 7) is 18.2. The van der Waals surface area contributed by atoms with Gasteiger partial charge in [-0.3, -0.25) is 0 Å². The molecule has 31 heavy (non-hydrogen) atoms. The summed E-state index contributed by atoms with van der Waals surface area (Å²) in [6, 6.07) is 20.2. The van der Waals surface area contributed by atoms with E-state index >= 15 is 0 Å². The molecule has 0 heterocycles. The Morgan fingerprint density at radius 2 is 0.774 bits per heavy atom. The van der Waals surface area contributed by atoms with E-state index in [4.69, 9.17) is 5.73 Å². The van der Waals surface area contributed by atoms with Crippen molar-refractivity contribution < 1.29 is 0 Å². The van der Waals surface area contributed by atoms with E-state index in [1.165, 1.54) is 44.5 Å². The van der Waals surface area contributed by atoms with Gasteiger partial charge in [-0.15, -0.1) is 0 Å². The SMILES string of the molecule is CC(C)c1cccc(C(C)C)c1-c1cc(N)cc(-c2c(C(C)C)cccc2C(C)C)c1. The maximum Gasteiger partial charge on any atom is 0.0326 e. The molecule has 3 aromatic rings. The summed E-state index contributed by atoms with van der Waals surface area (Å²) in [7, 11) is 0. The summed E-state index contributed by atoms with van der Waals surface area (Å²) in [5, 5.41) is 0. The fraction of sp³-hybridized carbons (Fsp3) is 0.400. The summed E-state index contributed by atoms with van der Waals surface area (Å²) >= 11 is 0. The smallest absolute Gasteiger partial charge is 0.0326 e. The molecule has 1 nitrogen and oxygen atoms in total. The van der Waals surface area contributed by atoms with Crippen LogP contribution < -0.4 is 5.73 Å². The van der Waals surface area contributed by atoms with E-state index < -0.39 is 0 Å². The molecule has 0 aliphatic heterocycles. The Morgan fingerprint density at radius 3 is 1.03 bits per heavy atom. The zero-order chi connectivity index (χ0) is 22.9. The Morgan fingerprint density at radius 1 is 0.484 bits per heavy atom. The van der Waals surface area contributed by atoms with E-state index in [0.717, 1.165) is 5.69 Å². The second-order valence-corrected chi connectivity index (χ2v) is 10.1. The summed E-state index contributed by atoms with van der Waals surface area (Å²) in [6.07, 6.45) is 0. The second-order valence-electron chi connectivity index (χ2n) is 10.1. The van der Waals surface area contributed by atoms with Crippen LogP contribution in [-0.4, -0.2) is 0 Å². The van der Waals surface area contributed by atoms with Crippen LogP contribution in [0.5, 0.6) is 0 Å². The molecular weight excluding hydrogens is 374 g/mol. The minimum atomic E-state index is 0.452. The fourth-order valence-corrected chi connectivity index (χ4v) is 4.71. The van der Waals surface area contributed by atoms with Crippen molar-refractivity contribution >= 4 is 5.69 Å². The van der Waals surface area contributed by atoms with Gasteiger partial charge >= 0.3 is 0 Å². The van der Waals surface area contributed by atoms with E-state index in [-0.39, 0.29) is 0 Å². The molecule has 0 spiro atoms. The minimum absolute atomic E-state index is 0.452. The predicted molar refractivity (Wildman–Crippen MR) is 138 cm³/mol. The third-order valence-corrected chi connectivity index (χ3v) is 6.28. The van der Waals surface area contributed by atoms with Gasteiger partial charge in [0.2, 0.25) is 0 Å². The molecule has 3 aromatic carbocycles. The molecule has 2 N–H and O–H groups in total. The molecule has 0 saturated heterocycles. The van der Waals surface area contributed by atoms with E-state index in [1.807, 2.05) is 0 Å². The Hall–Kier alpha value is -2.54. The van der Waals surface area contributed by atoms with Gasteiger partial charge in [-0.25, -0.2) is 0 Å². The number of nitrogen functional groups attached to an aromatic ring is 1. The first-order valence-corrected chi connectivity index (χ1v) is 11.8. The maximum atomic E-state index is 6.54. The molecule has 0 aromatic heterocycles. The van der Waals surface area contributed by atoms with Crippen molar-refractivity contribution in [1.29, 1.82) is 0 Å². The summed E-state index contributed by atoms with van der Waals surface area (Å²) < 4.78 is 0. The van der Waals surface area contributed by atoms with Crippen molar-refractivity contribution in [2.75, 3.05) is 5.73 Å². The Balaban J connectivity index is 2.36. The Bertz CT molecular complexity index is 920. The van der Waals surface area contributed by atoms with E-state index in [1.54, 1.807) is 0 Å². The zero-order valence-corrected chi connectivity index (χ0v) is 20.6. The van der Waals surface area contributed by atoms with Crippen LogP contribution in [0.4, 0.5) is 5.69 Å². The largest absolute Gasteiger partial charge is 0.399 e. The van der Waals surface area contributed by atoms with Gasteiger partial charge in [0, 0.05) is 5.69 Å². The molecule has 0 unspecified atom stereocenters. The molecule has 164 valence electrons. The van der Waals surface area contributed by atoms with Gasteiger partial charge < -0.3 is 5.73 Å². The number of rotatable bonds is 6. The fourth-order valence-electron chi connectivity index (χ4n) is 4.71. The number of hydrogen-bond acceptors (Lipinski definition) is 1. The second kappa shape index (κ2) is 9.30. The lowest BCUT2D eigenvalue weighted by Crippen LogP contribution is -2.03. The van der Waals surface area contributed by atoms with Gasteiger partial charge in [0.05, 0.1) is 0 Å². The van der Waals surface area contributed by atoms with Crippen LogP contribution >= 0.6 is 0 Å². The predicted octanol–water partition coefficient (Wildman–Crippen LogP) is 9.10. The molecule has 0 amide bonds. The first kappa shape index (κ1) is 23.1. The molecule has 0 fully saturated rings. The lowest BCUT2D eigenvalue weighted by molar-refractivity contribution is 0.837. The quantitative estimate of drug-likeness (QED) is 0.401. The lowest BCUT2D eigenvalue weighted by Gasteiger charge is -2.23. The van der Waals surface area contributed by atoms with Crippen LogP contribution in [0.2, 0.25) is 0 Å². The average Bonchev–Trinajstić information content (AvgIpc) is 2.71. The normalized spacial score (nSPS) is 11.9. The van der Waals surface area contributed by atoms with E-state index in [2.05, 4.69) is 110 Å². The third-order valence-electron chi connectivity index (χ3n) is 6.28. The van der Waals surface area contributed by atoms with Crippen molar-refractivity contribution in [2.24, 2.45) is 0 Å². The highest BCUT2D eigenvalue weighted by Crippen LogP contribution is 2.42. The van der Waals surface area contributed by atoms with Crippen molar-refractivity contribution in [1.82, 2.24) is 0 Å². The number of anilines is 1. The molecule has 0 bridgehead atoms. The first-order valence-electron chi connectivity index (χ1n) is 11.8. The molecule has 0 radical (unpaired) electrons. The van der Waals surface area contributed by atoms with Crippen molar-refractivity contribution in [3.8, 4) is 22.3 Å². The highest BCUT2D eigenvalue weighted by Gasteiger charge is 2.19. The molecule has 1 heteroatoms. The molecule has 0 saturated carbocycles. The van der Waals surface area contributed by atoms with E-state index in [9.17, 15) is 0 Å². The van der Waals surface area contributed by atoms with Gasteiger partial charge in [0.15, 0.2) is 0 Å². The topological polar surface area (TPSA) is 26.0 Å². The number of benzene rings is 3. The molecule has 0 atom stereocenters. The molecule has 3 rings (SSSR count). The Kier molecular flexibility index (Phi) is 6.94. The highest BCUT2D eigenvalue weighted by molar-refractivity contribution is 5.83. The molecule has 0 aliphatic rings. The minimum Gasteiger partial charge on any atom is -0.399 e. The summed E-state index contributed by atoms with van der Waals surface area (Å²) in [5.74, 6) is 1.81. The van der Waals surface area contributed by atoms with E-state index in [0.29, 0.717) is 23.7 Å². The lowest BCUT2D eigenvalue weighted by atomic mass is 9.81. The molecular formula is C30H39N. The maximum absolute atomic E-state index is 6.54. The van der Waals surface area contributed by atoms with Crippen LogP contribution in [-0.2, 0) is 0 Å². The third kappa shape index (κ3) is 4.71. The van der Waals surface area contributed by atoms with Crippen molar-refractivity contribution in [2.45, 2.75) is 79.1 Å². The first-order chi connectivity index (χ1) is 14.6. The number of hydrogen-bond donors (Lipinski definition) is 1. The van der Waals surface area contributed by atoms with Gasteiger partial charge in [0.1, 0.15) is 0 Å². The number of nitrogens with two attached hydrogens (primary N) is 1.